The van der Waals surface area contributed by atoms with Crippen molar-refractivity contribution in [1.82, 2.24) is 15.4 Å². The van der Waals surface area contributed by atoms with Gasteiger partial charge in [0.1, 0.15) is 4.21 Å². The van der Waals surface area contributed by atoms with Crippen LogP contribution in [0.3, 0.4) is 0 Å². The molecule has 1 aromatic rings. The number of sulfonamides is 1. The van der Waals surface area contributed by atoms with Crippen molar-refractivity contribution in [1.29, 1.82) is 0 Å². The van der Waals surface area contributed by atoms with Gasteiger partial charge in [-0.2, -0.15) is 0 Å². The third kappa shape index (κ3) is 5.72. The van der Waals surface area contributed by atoms with E-state index in [4.69, 9.17) is 11.6 Å². The lowest BCUT2D eigenvalue weighted by Gasteiger charge is -2.23. The minimum absolute atomic E-state index is 0. The maximum atomic E-state index is 11.9. The fraction of sp³-hybridized carbons (Fsp3) is 0.545. The lowest BCUT2D eigenvalue weighted by Crippen LogP contribution is -2.48. The van der Waals surface area contributed by atoms with Gasteiger partial charge in [0.15, 0.2) is 0 Å². The van der Waals surface area contributed by atoms with Crippen molar-refractivity contribution in [3.8, 4) is 0 Å². The largest absolute Gasteiger partial charge is 0.351 e. The highest BCUT2D eigenvalue weighted by Gasteiger charge is 2.19. The molecule has 1 saturated heterocycles. The molecule has 0 aliphatic carbocycles. The van der Waals surface area contributed by atoms with Gasteiger partial charge in [-0.05, 0) is 31.5 Å². The molecule has 0 bridgehead atoms. The highest BCUT2D eigenvalue weighted by molar-refractivity contribution is 7.91. The molecule has 2 rings (SSSR count). The van der Waals surface area contributed by atoms with E-state index in [0.29, 0.717) is 4.34 Å². The first kappa shape index (κ1) is 18.7. The normalized spacial score (nSPS) is 18.8. The number of amides is 1. The van der Waals surface area contributed by atoms with Crippen LogP contribution in [0.15, 0.2) is 16.3 Å². The van der Waals surface area contributed by atoms with Crippen molar-refractivity contribution in [2.45, 2.75) is 23.1 Å². The van der Waals surface area contributed by atoms with Gasteiger partial charge in [0.05, 0.1) is 10.9 Å². The Labute approximate surface area is 139 Å². The Kier molecular flexibility index (Phi) is 7.38. The Hall–Kier alpha value is -0.380. The zero-order valence-electron chi connectivity index (χ0n) is 11.1. The molecule has 1 aliphatic rings. The second kappa shape index (κ2) is 8.30. The van der Waals surface area contributed by atoms with Gasteiger partial charge in [0.25, 0.3) is 10.0 Å². The summed E-state index contributed by atoms with van der Waals surface area (Å²) < 4.78 is 26.5. The summed E-state index contributed by atoms with van der Waals surface area (Å²) >= 11 is 6.65. The molecule has 21 heavy (non-hydrogen) atoms. The molecule has 0 aromatic carbocycles. The number of rotatable bonds is 5. The Morgan fingerprint density at radius 1 is 1.48 bits per heavy atom. The molecule has 1 fully saturated rings. The van der Waals surface area contributed by atoms with E-state index in [2.05, 4.69) is 15.4 Å². The summed E-state index contributed by atoms with van der Waals surface area (Å²) in [5.74, 6) is -0.329. The van der Waals surface area contributed by atoms with Gasteiger partial charge < -0.3 is 10.6 Å². The van der Waals surface area contributed by atoms with Gasteiger partial charge in [0.2, 0.25) is 5.91 Å². The van der Waals surface area contributed by atoms with E-state index < -0.39 is 10.0 Å². The maximum Gasteiger partial charge on any atom is 0.250 e. The van der Waals surface area contributed by atoms with E-state index >= 15 is 0 Å². The Morgan fingerprint density at radius 3 is 2.81 bits per heavy atom. The van der Waals surface area contributed by atoms with Crippen molar-refractivity contribution >= 4 is 51.3 Å². The molecule has 6 nitrogen and oxygen atoms in total. The van der Waals surface area contributed by atoms with E-state index in [1.807, 2.05) is 0 Å². The number of carbonyl (C=O) groups excluding carboxylic acids is 1. The first-order valence-electron chi connectivity index (χ1n) is 6.22. The fourth-order valence-electron chi connectivity index (χ4n) is 1.93. The second-order valence-corrected chi connectivity index (χ2v) is 8.20. The van der Waals surface area contributed by atoms with Gasteiger partial charge >= 0.3 is 0 Å². The highest BCUT2D eigenvalue weighted by Crippen LogP contribution is 2.25. The average Bonchev–Trinajstić information content (AvgIpc) is 2.85. The Bertz CT molecular complexity index is 571. The van der Waals surface area contributed by atoms with Crippen LogP contribution in [-0.4, -0.2) is 40.0 Å². The molecule has 1 amide bonds. The van der Waals surface area contributed by atoms with Gasteiger partial charge in [-0.15, -0.1) is 23.7 Å². The molecule has 3 N–H and O–H groups in total. The Balaban J connectivity index is 0.00000220. The number of thiophene rings is 1. The summed E-state index contributed by atoms with van der Waals surface area (Å²) in [5, 5.41) is 5.97. The number of piperidine rings is 1. The van der Waals surface area contributed by atoms with E-state index in [1.165, 1.54) is 12.1 Å². The van der Waals surface area contributed by atoms with Crippen LogP contribution in [-0.2, 0) is 14.8 Å². The molecule has 0 unspecified atom stereocenters. The van der Waals surface area contributed by atoms with Gasteiger partial charge in [0, 0.05) is 12.6 Å². The smallest absolute Gasteiger partial charge is 0.250 e. The molecule has 1 aromatic heterocycles. The molecule has 120 valence electrons. The molecule has 0 saturated carbocycles. The predicted octanol–water partition coefficient (Wildman–Crippen LogP) is 0.970. The molecule has 0 spiro atoms. The number of hydrogen-bond acceptors (Lipinski definition) is 5. The zero-order chi connectivity index (χ0) is 14.6. The van der Waals surface area contributed by atoms with Crippen LogP contribution in [0.2, 0.25) is 4.34 Å². The molecule has 2 heterocycles. The maximum absolute atomic E-state index is 11.9. The zero-order valence-corrected chi connectivity index (χ0v) is 14.3. The van der Waals surface area contributed by atoms with Crippen molar-refractivity contribution in [3.05, 3.63) is 16.5 Å². The standard InChI is InChI=1S/C11H16ClN3O3S2.ClH/c12-9-3-4-11(19-9)20(17,18)14-7-10(16)15-8-2-1-5-13-6-8;/h3-4,8,13-14H,1-2,5-7H2,(H,15,16);1H/t8-;/m0./s1. The monoisotopic (exact) mass is 373 g/mol. The molecular formula is C11H17Cl2N3O3S2. The minimum Gasteiger partial charge on any atom is -0.351 e. The van der Waals surface area contributed by atoms with Gasteiger partial charge in [-0.3, -0.25) is 4.79 Å². The van der Waals surface area contributed by atoms with E-state index in [1.54, 1.807) is 0 Å². The SMILES string of the molecule is Cl.O=C(CNS(=O)(=O)c1ccc(Cl)s1)N[C@H]1CCCNC1. The van der Waals surface area contributed by atoms with Crippen LogP contribution >= 0.6 is 35.3 Å². The first-order valence-corrected chi connectivity index (χ1v) is 8.90. The van der Waals surface area contributed by atoms with E-state index in [0.717, 1.165) is 37.3 Å². The molecular weight excluding hydrogens is 357 g/mol. The molecule has 0 radical (unpaired) electrons. The van der Waals surface area contributed by atoms with Crippen molar-refractivity contribution < 1.29 is 13.2 Å². The van der Waals surface area contributed by atoms with Crippen LogP contribution in [0.1, 0.15) is 12.8 Å². The van der Waals surface area contributed by atoms with Gasteiger partial charge in [-0.1, -0.05) is 11.6 Å². The summed E-state index contributed by atoms with van der Waals surface area (Å²) in [6.45, 7) is 1.41. The topological polar surface area (TPSA) is 87.3 Å². The molecule has 10 heteroatoms. The number of hydrogen-bond donors (Lipinski definition) is 3. The quantitative estimate of drug-likeness (QED) is 0.717. The lowest BCUT2D eigenvalue weighted by atomic mass is 10.1. The van der Waals surface area contributed by atoms with Crippen LogP contribution in [0, 0.1) is 0 Å². The van der Waals surface area contributed by atoms with Crippen LogP contribution in [0.4, 0.5) is 0 Å². The first-order chi connectivity index (χ1) is 9.47. The summed E-state index contributed by atoms with van der Waals surface area (Å²) in [6, 6.07) is 2.99. The average molecular weight is 374 g/mol. The number of halogens is 2. The second-order valence-electron chi connectivity index (χ2n) is 4.49. The Morgan fingerprint density at radius 2 is 2.24 bits per heavy atom. The van der Waals surface area contributed by atoms with Crippen LogP contribution < -0.4 is 15.4 Å². The predicted molar refractivity (Wildman–Crippen MR) is 85.8 cm³/mol. The van der Waals surface area contributed by atoms with E-state index in [9.17, 15) is 13.2 Å². The summed E-state index contributed by atoms with van der Waals surface area (Å²) in [5.41, 5.74) is 0. The van der Waals surface area contributed by atoms with Crippen LogP contribution in [0.5, 0.6) is 0 Å². The van der Waals surface area contributed by atoms with Crippen molar-refractivity contribution in [3.63, 3.8) is 0 Å². The summed E-state index contributed by atoms with van der Waals surface area (Å²) in [4.78, 5) is 11.7. The lowest BCUT2D eigenvalue weighted by molar-refractivity contribution is -0.120. The third-order valence-corrected chi connectivity index (χ3v) is 6.02. The molecule has 1 atom stereocenters. The number of nitrogens with one attached hydrogen (secondary N) is 3. The van der Waals surface area contributed by atoms with Gasteiger partial charge in [-0.25, -0.2) is 13.1 Å². The summed E-state index contributed by atoms with van der Waals surface area (Å²) in [7, 11) is -3.67. The minimum atomic E-state index is -3.67. The van der Waals surface area contributed by atoms with Crippen molar-refractivity contribution in [2.75, 3.05) is 19.6 Å². The number of carbonyl (C=O) groups is 1. The summed E-state index contributed by atoms with van der Waals surface area (Å²) in [6.07, 6.45) is 1.91. The molecule has 1 aliphatic heterocycles. The van der Waals surface area contributed by atoms with Crippen molar-refractivity contribution in [2.24, 2.45) is 0 Å². The third-order valence-electron chi connectivity index (χ3n) is 2.90. The van der Waals surface area contributed by atoms with Crippen LogP contribution in [0.25, 0.3) is 0 Å². The fourth-order valence-corrected chi connectivity index (χ4v) is 4.44. The highest BCUT2D eigenvalue weighted by atomic mass is 35.5. The van der Waals surface area contributed by atoms with E-state index in [-0.39, 0.29) is 35.1 Å².